The summed E-state index contributed by atoms with van der Waals surface area (Å²) in [7, 11) is 0. The fourth-order valence-electron chi connectivity index (χ4n) is 0.831. The molecule has 0 bridgehead atoms. The van der Waals surface area contributed by atoms with Gasteiger partial charge in [0.25, 0.3) is 0 Å². The van der Waals surface area contributed by atoms with Gasteiger partial charge in [-0.15, -0.1) is 0 Å². The predicted octanol–water partition coefficient (Wildman–Crippen LogP) is 2.18. The van der Waals surface area contributed by atoms with Crippen LogP contribution in [-0.2, 0) is 4.79 Å². The molecule has 1 nitrogen and oxygen atoms in total. The smallest absolute Gasteiger partial charge is 0.146 e. The molecule has 0 heterocycles. The molecule has 0 spiro atoms. The molecule has 52 valence electrons. The topological polar surface area (TPSA) is 17.1 Å². The number of aldehydes is 1. The third-order valence-corrected chi connectivity index (χ3v) is 1.33. The number of allylic oxidation sites excluding steroid dienone is 2. The van der Waals surface area contributed by atoms with E-state index < -0.39 is 0 Å². The lowest BCUT2D eigenvalue weighted by molar-refractivity contribution is -0.105. The summed E-state index contributed by atoms with van der Waals surface area (Å²) in [5, 5.41) is 0. The van der Waals surface area contributed by atoms with Gasteiger partial charge < -0.3 is 0 Å². The molecule has 0 aromatic rings. The zero-order valence-corrected chi connectivity index (χ0v) is 6.56. The van der Waals surface area contributed by atoms with Crippen molar-refractivity contribution in [3.05, 3.63) is 11.1 Å². The largest absolute Gasteiger partial charge is 0.298 e. The standard InChI is InChI=1S/C8H14O/c1-6(2)8(5-9)7(3)4/h5-6H,1-4H3. The highest BCUT2D eigenvalue weighted by atomic mass is 16.1. The summed E-state index contributed by atoms with van der Waals surface area (Å²) >= 11 is 0. The molecule has 0 aliphatic carbocycles. The van der Waals surface area contributed by atoms with Crippen LogP contribution in [0.1, 0.15) is 27.7 Å². The Labute approximate surface area is 56.8 Å². The summed E-state index contributed by atoms with van der Waals surface area (Å²) < 4.78 is 0. The second-order valence-electron chi connectivity index (χ2n) is 2.73. The van der Waals surface area contributed by atoms with Crippen LogP contribution in [0.3, 0.4) is 0 Å². The zero-order valence-electron chi connectivity index (χ0n) is 6.56. The fraction of sp³-hybridized carbons (Fsp3) is 0.625. The Balaban J connectivity index is 4.34. The van der Waals surface area contributed by atoms with Crippen molar-refractivity contribution in [1.29, 1.82) is 0 Å². The molecule has 9 heavy (non-hydrogen) atoms. The lowest BCUT2D eigenvalue weighted by atomic mass is 10.0. The van der Waals surface area contributed by atoms with Gasteiger partial charge in [0.1, 0.15) is 6.29 Å². The van der Waals surface area contributed by atoms with E-state index in [4.69, 9.17) is 0 Å². The summed E-state index contributed by atoms with van der Waals surface area (Å²) in [5.41, 5.74) is 2.05. The first-order valence-electron chi connectivity index (χ1n) is 3.22. The SMILES string of the molecule is CC(C)=C(C=O)C(C)C. The van der Waals surface area contributed by atoms with Crippen LogP contribution in [0.25, 0.3) is 0 Å². The van der Waals surface area contributed by atoms with Crippen molar-refractivity contribution in [1.82, 2.24) is 0 Å². The van der Waals surface area contributed by atoms with Crippen molar-refractivity contribution >= 4 is 6.29 Å². The zero-order chi connectivity index (χ0) is 7.44. The maximum absolute atomic E-state index is 10.3. The third-order valence-electron chi connectivity index (χ3n) is 1.33. The van der Waals surface area contributed by atoms with E-state index in [-0.39, 0.29) is 0 Å². The van der Waals surface area contributed by atoms with E-state index >= 15 is 0 Å². The van der Waals surface area contributed by atoms with Gasteiger partial charge >= 0.3 is 0 Å². The number of carbonyl (C=O) groups excluding carboxylic acids is 1. The molecule has 0 fully saturated rings. The highest BCUT2D eigenvalue weighted by Crippen LogP contribution is 2.10. The molecule has 0 atom stereocenters. The minimum absolute atomic E-state index is 0.368. The van der Waals surface area contributed by atoms with Crippen LogP contribution >= 0.6 is 0 Å². The van der Waals surface area contributed by atoms with Gasteiger partial charge in [-0.1, -0.05) is 19.4 Å². The molecule has 0 unspecified atom stereocenters. The maximum Gasteiger partial charge on any atom is 0.146 e. The van der Waals surface area contributed by atoms with Crippen molar-refractivity contribution in [2.75, 3.05) is 0 Å². The Morgan fingerprint density at radius 3 is 1.78 bits per heavy atom. The van der Waals surface area contributed by atoms with E-state index in [1.807, 2.05) is 27.7 Å². The average molecular weight is 126 g/mol. The molecule has 0 rings (SSSR count). The van der Waals surface area contributed by atoms with Gasteiger partial charge in [-0.25, -0.2) is 0 Å². The molecule has 0 N–H and O–H groups in total. The summed E-state index contributed by atoms with van der Waals surface area (Å²) in [4.78, 5) is 10.3. The molecule has 0 aliphatic heterocycles. The van der Waals surface area contributed by atoms with Crippen LogP contribution in [0.2, 0.25) is 0 Å². The van der Waals surface area contributed by atoms with Crippen molar-refractivity contribution < 1.29 is 4.79 Å². The number of hydrogen-bond acceptors (Lipinski definition) is 1. The Morgan fingerprint density at radius 1 is 1.33 bits per heavy atom. The molecule has 0 aliphatic rings. The minimum atomic E-state index is 0.368. The molecule has 0 aromatic carbocycles. The van der Waals surface area contributed by atoms with Gasteiger partial charge in [0.15, 0.2) is 0 Å². The lowest BCUT2D eigenvalue weighted by Gasteiger charge is -2.04. The first kappa shape index (κ1) is 8.41. The Morgan fingerprint density at radius 2 is 1.78 bits per heavy atom. The van der Waals surface area contributed by atoms with Crippen LogP contribution in [0, 0.1) is 5.92 Å². The second-order valence-corrected chi connectivity index (χ2v) is 2.73. The summed E-state index contributed by atoms with van der Waals surface area (Å²) in [6, 6.07) is 0. The van der Waals surface area contributed by atoms with E-state index in [9.17, 15) is 4.79 Å². The lowest BCUT2D eigenvalue weighted by Crippen LogP contribution is -1.96. The first-order chi connectivity index (χ1) is 4.09. The Kier molecular flexibility index (Phi) is 3.21. The van der Waals surface area contributed by atoms with E-state index in [0.29, 0.717) is 5.92 Å². The van der Waals surface area contributed by atoms with Gasteiger partial charge in [-0.2, -0.15) is 0 Å². The summed E-state index contributed by atoms with van der Waals surface area (Å²) in [6.07, 6.45) is 0.944. The van der Waals surface area contributed by atoms with E-state index in [2.05, 4.69) is 0 Å². The second kappa shape index (κ2) is 3.44. The maximum atomic E-state index is 10.3. The quantitative estimate of drug-likeness (QED) is 0.409. The van der Waals surface area contributed by atoms with Crippen LogP contribution in [0.4, 0.5) is 0 Å². The third kappa shape index (κ3) is 2.45. The first-order valence-corrected chi connectivity index (χ1v) is 3.22. The molecular weight excluding hydrogens is 112 g/mol. The molecule has 0 amide bonds. The average Bonchev–Trinajstić information content (AvgIpc) is 1.64. The van der Waals surface area contributed by atoms with Gasteiger partial charge in [-0.3, -0.25) is 4.79 Å². The minimum Gasteiger partial charge on any atom is -0.298 e. The van der Waals surface area contributed by atoms with Crippen LogP contribution in [0.5, 0.6) is 0 Å². The number of rotatable bonds is 2. The molecular formula is C8H14O. The van der Waals surface area contributed by atoms with E-state index in [0.717, 1.165) is 17.4 Å². The molecule has 0 saturated carbocycles. The van der Waals surface area contributed by atoms with Gasteiger partial charge in [0.05, 0.1) is 0 Å². The molecule has 0 radical (unpaired) electrons. The highest BCUT2D eigenvalue weighted by Gasteiger charge is 2.01. The molecule has 1 heteroatoms. The van der Waals surface area contributed by atoms with Crippen LogP contribution < -0.4 is 0 Å². The summed E-state index contributed by atoms with van der Waals surface area (Å²) in [5.74, 6) is 0.368. The number of hydrogen-bond donors (Lipinski definition) is 0. The van der Waals surface area contributed by atoms with Gasteiger partial charge in [-0.05, 0) is 25.3 Å². The predicted molar refractivity (Wildman–Crippen MR) is 39.3 cm³/mol. The molecule has 0 saturated heterocycles. The van der Waals surface area contributed by atoms with Crippen LogP contribution in [-0.4, -0.2) is 6.29 Å². The van der Waals surface area contributed by atoms with Crippen molar-refractivity contribution in [2.24, 2.45) is 5.92 Å². The Bertz CT molecular complexity index is 128. The summed E-state index contributed by atoms with van der Waals surface area (Å²) in [6.45, 7) is 7.97. The number of carbonyl (C=O) groups is 1. The van der Waals surface area contributed by atoms with Gasteiger partial charge in [0, 0.05) is 0 Å². The Hall–Kier alpha value is -0.590. The van der Waals surface area contributed by atoms with E-state index in [1.165, 1.54) is 0 Å². The van der Waals surface area contributed by atoms with Crippen LogP contribution in [0.15, 0.2) is 11.1 Å². The van der Waals surface area contributed by atoms with Crippen molar-refractivity contribution in [2.45, 2.75) is 27.7 Å². The van der Waals surface area contributed by atoms with Crippen molar-refractivity contribution in [3.8, 4) is 0 Å². The van der Waals surface area contributed by atoms with Gasteiger partial charge in [0.2, 0.25) is 0 Å². The monoisotopic (exact) mass is 126 g/mol. The van der Waals surface area contributed by atoms with E-state index in [1.54, 1.807) is 0 Å². The fourth-order valence-corrected chi connectivity index (χ4v) is 0.831. The van der Waals surface area contributed by atoms with Crippen molar-refractivity contribution in [3.63, 3.8) is 0 Å². The normalized spacial score (nSPS) is 9.44. The molecule has 0 aromatic heterocycles. The highest BCUT2D eigenvalue weighted by molar-refractivity contribution is 5.74.